The molecular formula is C16H26N4O2. The van der Waals surface area contributed by atoms with Gasteiger partial charge in [0.1, 0.15) is 6.04 Å². The Kier molecular flexibility index (Phi) is 5.60. The maximum atomic E-state index is 11.7. The zero-order chi connectivity index (χ0) is 16.1. The van der Waals surface area contributed by atoms with Crippen LogP contribution in [0.3, 0.4) is 0 Å². The highest BCUT2D eigenvalue weighted by Crippen LogP contribution is 2.20. The van der Waals surface area contributed by atoms with Gasteiger partial charge in [0.15, 0.2) is 0 Å². The minimum absolute atomic E-state index is 0.176. The third-order valence-electron chi connectivity index (χ3n) is 4.10. The van der Waals surface area contributed by atoms with Gasteiger partial charge in [0.05, 0.1) is 0 Å². The molecule has 0 radical (unpaired) electrons. The lowest BCUT2D eigenvalue weighted by Crippen LogP contribution is -2.50. The number of rotatable bonds is 6. The summed E-state index contributed by atoms with van der Waals surface area (Å²) in [6, 6.07) is -0.287. The van der Waals surface area contributed by atoms with Crippen molar-refractivity contribution in [2.75, 3.05) is 34.2 Å². The number of hydrogen-bond donors (Lipinski definition) is 2. The van der Waals surface area contributed by atoms with Crippen molar-refractivity contribution in [3.63, 3.8) is 0 Å². The average molecular weight is 306 g/mol. The van der Waals surface area contributed by atoms with E-state index < -0.39 is 0 Å². The van der Waals surface area contributed by atoms with Gasteiger partial charge >= 0.3 is 0 Å². The molecule has 0 aromatic carbocycles. The lowest BCUT2D eigenvalue weighted by Gasteiger charge is -2.29. The smallest absolute Gasteiger partial charge is 0.249 e. The molecule has 1 aliphatic heterocycles. The van der Waals surface area contributed by atoms with E-state index >= 15 is 0 Å². The summed E-state index contributed by atoms with van der Waals surface area (Å²) in [6.45, 7) is 2.03. The SMILES string of the molecule is CN(C)CCN(C)C1=CC=C(NC2CCC(=O)NC2=O)CC1. The summed E-state index contributed by atoms with van der Waals surface area (Å²) in [5.41, 5.74) is 2.38. The first kappa shape index (κ1) is 16.5. The standard InChI is InChI=1S/C16H26N4O2/c1-19(2)10-11-20(3)13-6-4-12(5-7-13)17-14-8-9-15(21)18-16(14)22/h4,6,14,17H,5,7-11H2,1-3H3,(H,18,21,22). The number of carbonyl (C=O) groups is 2. The van der Waals surface area contributed by atoms with Gasteiger partial charge in [-0.25, -0.2) is 0 Å². The Balaban J connectivity index is 1.87. The Bertz CT molecular complexity index is 496. The number of nitrogens with one attached hydrogen (secondary N) is 2. The van der Waals surface area contributed by atoms with Gasteiger partial charge in [-0.2, -0.15) is 0 Å². The fourth-order valence-corrected chi connectivity index (χ4v) is 2.61. The van der Waals surface area contributed by atoms with E-state index in [1.807, 2.05) is 0 Å². The van der Waals surface area contributed by atoms with Crippen LogP contribution >= 0.6 is 0 Å². The van der Waals surface area contributed by atoms with E-state index in [9.17, 15) is 9.59 Å². The molecule has 6 nitrogen and oxygen atoms in total. The van der Waals surface area contributed by atoms with Crippen molar-refractivity contribution >= 4 is 11.8 Å². The van der Waals surface area contributed by atoms with E-state index in [0.29, 0.717) is 12.8 Å². The van der Waals surface area contributed by atoms with E-state index in [1.165, 1.54) is 5.70 Å². The molecule has 1 aliphatic carbocycles. The lowest BCUT2D eigenvalue weighted by molar-refractivity contribution is -0.134. The Hall–Kier alpha value is -1.82. The minimum atomic E-state index is -0.287. The fourth-order valence-electron chi connectivity index (χ4n) is 2.61. The second-order valence-electron chi connectivity index (χ2n) is 6.22. The molecule has 0 saturated carbocycles. The van der Waals surface area contributed by atoms with Crippen molar-refractivity contribution in [3.05, 3.63) is 23.5 Å². The summed E-state index contributed by atoms with van der Waals surface area (Å²) in [5, 5.41) is 5.64. The highest BCUT2D eigenvalue weighted by molar-refractivity contribution is 6.00. The Morgan fingerprint density at radius 1 is 1.14 bits per heavy atom. The molecule has 1 saturated heterocycles. The van der Waals surface area contributed by atoms with E-state index in [4.69, 9.17) is 0 Å². The predicted molar refractivity (Wildman–Crippen MR) is 85.9 cm³/mol. The summed E-state index contributed by atoms with van der Waals surface area (Å²) in [7, 11) is 6.26. The number of imide groups is 1. The highest BCUT2D eigenvalue weighted by atomic mass is 16.2. The number of nitrogens with zero attached hydrogens (tertiary/aromatic N) is 2. The molecule has 0 aromatic rings. The van der Waals surface area contributed by atoms with Crippen molar-refractivity contribution in [2.45, 2.75) is 31.7 Å². The molecule has 22 heavy (non-hydrogen) atoms. The van der Waals surface area contributed by atoms with Crippen LogP contribution in [-0.4, -0.2) is 61.9 Å². The third kappa shape index (κ3) is 4.59. The first-order valence-electron chi connectivity index (χ1n) is 7.81. The topological polar surface area (TPSA) is 64.7 Å². The number of piperidine rings is 1. The Morgan fingerprint density at radius 2 is 1.91 bits per heavy atom. The number of likely N-dealkylation sites (N-methyl/N-ethyl adjacent to an activating group) is 2. The van der Waals surface area contributed by atoms with Crippen LogP contribution in [0.25, 0.3) is 0 Å². The molecule has 122 valence electrons. The van der Waals surface area contributed by atoms with Gasteiger partial charge in [0.25, 0.3) is 0 Å². The molecule has 0 bridgehead atoms. The number of amides is 2. The first-order chi connectivity index (χ1) is 10.5. The molecular weight excluding hydrogens is 280 g/mol. The quantitative estimate of drug-likeness (QED) is 0.697. The molecule has 1 unspecified atom stereocenters. The zero-order valence-electron chi connectivity index (χ0n) is 13.7. The Morgan fingerprint density at radius 3 is 2.50 bits per heavy atom. The normalized spacial score (nSPS) is 22.1. The van der Waals surface area contributed by atoms with Crippen LogP contribution in [-0.2, 0) is 9.59 Å². The maximum Gasteiger partial charge on any atom is 0.249 e. The van der Waals surface area contributed by atoms with Gasteiger partial charge in [-0.05, 0) is 45.5 Å². The largest absolute Gasteiger partial charge is 0.377 e. The molecule has 2 rings (SSSR count). The number of hydrogen-bond acceptors (Lipinski definition) is 5. The maximum absolute atomic E-state index is 11.7. The van der Waals surface area contributed by atoms with Gasteiger partial charge in [0.2, 0.25) is 11.8 Å². The molecule has 0 aromatic heterocycles. The van der Waals surface area contributed by atoms with Crippen molar-refractivity contribution in [1.82, 2.24) is 20.4 Å². The summed E-state index contributed by atoms with van der Waals surface area (Å²) in [6.07, 6.45) is 7.01. The van der Waals surface area contributed by atoms with Crippen molar-refractivity contribution in [1.29, 1.82) is 0 Å². The molecule has 6 heteroatoms. The lowest BCUT2D eigenvalue weighted by atomic mass is 10.0. The zero-order valence-corrected chi connectivity index (χ0v) is 13.7. The summed E-state index contributed by atoms with van der Waals surface area (Å²) >= 11 is 0. The molecule has 1 atom stereocenters. The van der Waals surface area contributed by atoms with Crippen molar-refractivity contribution < 1.29 is 9.59 Å². The van der Waals surface area contributed by atoms with E-state index in [1.54, 1.807) is 0 Å². The monoisotopic (exact) mass is 306 g/mol. The molecule has 2 aliphatic rings. The Labute approximate surface area is 132 Å². The molecule has 1 fully saturated rings. The van der Waals surface area contributed by atoms with Gasteiger partial charge in [-0.3, -0.25) is 14.9 Å². The first-order valence-corrected chi connectivity index (χ1v) is 7.81. The number of allylic oxidation sites excluding steroid dienone is 4. The van der Waals surface area contributed by atoms with Crippen LogP contribution in [0.15, 0.2) is 23.5 Å². The third-order valence-corrected chi connectivity index (χ3v) is 4.10. The van der Waals surface area contributed by atoms with Crippen molar-refractivity contribution in [3.8, 4) is 0 Å². The predicted octanol–water partition coefficient (Wildman–Crippen LogP) is 0.436. The van der Waals surface area contributed by atoms with Gasteiger partial charge in [0, 0.05) is 38.0 Å². The van der Waals surface area contributed by atoms with Crippen LogP contribution in [0.5, 0.6) is 0 Å². The van der Waals surface area contributed by atoms with Crippen LogP contribution in [0.4, 0.5) is 0 Å². The summed E-state index contributed by atoms with van der Waals surface area (Å²) < 4.78 is 0. The summed E-state index contributed by atoms with van der Waals surface area (Å²) in [4.78, 5) is 27.3. The van der Waals surface area contributed by atoms with Gasteiger partial charge < -0.3 is 15.1 Å². The van der Waals surface area contributed by atoms with Crippen LogP contribution in [0.1, 0.15) is 25.7 Å². The highest BCUT2D eigenvalue weighted by Gasteiger charge is 2.27. The van der Waals surface area contributed by atoms with E-state index in [0.717, 1.165) is 31.6 Å². The molecule has 2 N–H and O–H groups in total. The fraction of sp³-hybridized carbons (Fsp3) is 0.625. The van der Waals surface area contributed by atoms with Crippen LogP contribution in [0.2, 0.25) is 0 Å². The van der Waals surface area contributed by atoms with Gasteiger partial charge in [-0.1, -0.05) is 0 Å². The average Bonchev–Trinajstić information content (AvgIpc) is 2.48. The van der Waals surface area contributed by atoms with Crippen LogP contribution < -0.4 is 10.6 Å². The van der Waals surface area contributed by atoms with Gasteiger partial charge in [-0.15, -0.1) is 0 Å². The number of carbonyl (C=O) groups excluding carboxylic acids is 2. The van der Waals surface area contributed by atoms with Crippen LogP contribution in [0, 0.1) is 0 Å². The second-order valence-corrected chi connectivity index (χ2v) is 6.22. The molecule has 1 heterocycles. The summed E-state index contributed by atoms with van der Waals surface area (Å²) in [5.74, 6) is -0.389. The van der Waals surface area contributed by atoms with E-state index in [-0.39, 0.29) is 17.9 Å². The molecule has 2 amide bonds. The van der Waals surface area contributed by atoms with Crippen molar-refractivity contribution in [2.24, 2.45) is 0 Å². The second kappa shape index (κ2) is 7.45. The molecule has 0 spiro atoms. The van der Waals surface area contributed by atoms with E-state index in [2.05, 4.69) is 53.7 Å². The minimum Gasteiger partial charge on any atom is -0.377 e.